The molecule has 0 saturated heterocycles. The summed E-state index contributed by atoms with van der Waals surface area (Å²) in [5, 5.41) is 6.54. The van der Waals surface area contributed by atoms with Crippen LogP contribution in [0, 0.1) is 0 Å². The second-order valence-electron chi connectivity index (χ2n) is 14.4. The van der Waals surface area contributed by atoms with Crippen molar-refractivity contribution in [1.82, 2.24) is 19.5 Å². The van der Waals surface area contributed by atoms with Crippen LogP contribution >= 0.6 is 0 Å². The van der Waals surface area contributed by atoms with Gasteiger partial charge in [-0.05, 0) is 65.7 Å². The summed E-state index contributed by atoms with van der Waals surface area (Å²) >= 11 is 0. The fourth-order valence-corrected chi connectivity index (χ4v) is 8.34. The standard InChI is InChI=1S/C51H30N4O2/c1-3-11-31(12-4-1)32-19-21-33(22-20-32)49-52-50(34-23-25-39-38-16-8-10-18-44(38)56-45(39)29-34)54-51(53-49)35-24-26-40-42-28-27-41-37-15-7-9-17-43(37)55(36-13-5-2-6-14-36)47(41)48(42)57-46(40)30-35/h1-30H. The van der Waals surface area contributed by atoms with Crippen molar-refractivity contribution in [2.75, 3.05) is 0 Å². The number of hydrogen-bond donors (Lipinski definition) is 0. The lowest BCUT2D eigenvalue weighted by atomic mass is 10.0. The number of furan rings is 2. The molecule has 0 spiro atoms. The zero-order valence-corrected chi connectivity index (χ0v) is 30.4. The van der Waals surface area contributed by atoms with Crippen molar-refractivity contribution in [2.45, 2.75) is 0 Å². The molecule has 12 aromatic rings. The quantitative estimate of drug-likeness (QED) is 0.176. The number of hydrogen-bond acceptors (Lipinski definition) is 5. The predicted molar refractivity (Wildman–Crippen MR) is 230 cm³/mol. The van der Waals surface area contributed by atoms with E-state index in [2.05, 4.69) is 150 Å². The molecule has 0 atom stereocenters. The first-order valence-corrected chi connectivity index (χ1v) is 19.0. The molecule has 0 fully saturated rings. The molecule has 0 radical (unpaired) electrons. The van der Waals surface area contributed by atoms with Gasteiger partial charge in [0.1, 0.15) is 16.7 Å². The van der Waals surface area contributed by atoms with E-state index in [0.717, 1.165) is 93.8 Å². The van der Waals surface area contributed by atoms with Crippen LogP contribution in [0.15, 0.2) is 191 Å². The highest BCUT2D eigenvalue weighted by Crippen LogP contribution is 2.41. The first-order valence-electron chi connectivity index (χ1n) is 19.0. The maximum absolute atomic E-state index is 6.88. The van der Waals surface area contributed by atoms with Crippen LogP contribution in [0.4, 0.5) is 0 Å². The summed E-state index contributed by atoms with van der Waals surface area (Å²) < 4.78 is 15.5. The normalized spacial score (nSPS) is 11.9. The fourth-order valence-electron chi connectivity index (χ4n) is 8.34. The van der Waals surface area contributed by atoms with Crippen LogP contribution in [0.25, 0.3) is 117 Å². The maximum Gasteiger partial charge on any atom is 0.164 e. The average molecular weight is 731 g/mol. The summed E-state index contributed by atoms with van der Waals surface area (Å²) in [7, 11) is 0. The molecule has 12 rings (SSSR count). The lowest BCUT2D eigenvalue weighted by Crippen LogP contribution is -2.00. The molecule has 6 heteroatoms. The summed E-state index contributed by atoms with van der Waals surface area (Å²) in [6.45, 7) is 0. The van der Waals surface area contributed by atoms with Gasteiger partial charge in [-0.25, -0.2) is 15.0 Å². The van der Waals surface area contributed by atoms with Crippen molar-refractivity contribution in [3.63, 3.8) is 0 Å². The van der Waals surface area contributed by atoms with Gasteiger partial charge in [-0.3, -0.25) is 0 Å². The smallest absolute Gasteiger partial charge is 0.164 e. The molecule has 0 saturated carbocycles. The van der Waals surface area contributed by atoms with E-state index in [1.54, 1.807) is 0 Å². The van der Waals surface area contributed by atoms with Crippen LogP contribution in [0.2, 0.25) is 0 Å². The van der Waals surface area contributed by atoms with Gasteiger partial charge >= 0.3 is 0 Å². The summed E-state index contributed by atoms with van der Waals surface area (Å²) in [4.78, 5) is 15.3. The average Bonchev–Trinajstić information content (AvgIpc) is 3.96. The second kappa shape index (κ2) is 12.3. The van der Waals surface area contributed by atoms with Gasteiger partial charge in [0.05, 0.1) is 11.0 Å². The molecule has 4 aromatic heterocycles. The zero-order valence-electron chi connectivity index (χ0n) is 30.4. The molecule has 0 amide bonds. The number of nitrogens with zero attached hydrogens (tertiary/aromatic N) is 4. The Kier molecular flexibility index (Phi) is 6.83. The van der Waals surface area contributed by atoms with Crippen molar-refractivity contribution >= 4 is 65.7 Å². The minimum atomic E-state index is 0.553. The van der Waals surface area contributed by atoms with Gasteiger partial charge in [-0.15, -0.1) is 0 Å². The minimum absolute atomic E-state index is 0.553. The Morgan fingerprint density at radius 3 is 1.56 bits per heavy atom. The van der Waals surface area contributed by atoms with Crippen molar-refractivity contribution in [2.24, 2.45) is 0 Å². The predicted octanol–water partition coefficient (Wildman–Crippen LogP) is 13.4. The number of aromatic nitrogens is 4. The Labute approximate surface area is 325 Å². The summed E-state index contributed by atoms with van der Waals surface area (Å²) in [6, 6.07) is 62.7. The first kappa shape index (κ1) is 31.5. The monoisotopic (exact) mass is 730 g/mol. The summed E-state index contributed by atoms with van der Waals surface area (Å²) in [5.74, 6) is 1.69. The van der Waals surface area contributed by atoms with E-state index in [1.807, 2.05) is 36.4 Å². The van der Waals surface area contributed by atoms with Gasteiger partial charge in [0.2, 0.25) is 0 Å². The van der Waals surface area contributed by atoms with Gasteiger partial charge in [0.15, 0.2) is 23.1 Å². The van der Waals surface area contributed by atoms with E-state index in [9.17, 15) is 0 Å². The second-order valence-corrected chi connectivity index (χ2v) is 14.4. The lowest BCUT2D eigenvalue weighted by Gasteiger charge is -2.09. The zero-order chi connectivity index (χ0) is 37.5. The van der Waals surface area contributed by atoms with Crippen LogP contribution in [-0.2, 0) is 0 Å². The summed E-state index contributed by atoms with van der Waals surface area (Å²) in [6.07, 6.45) is 0. The van der Waals surface area contributed by atoms with E-state index in [4.69, 9.17) is 23.8 Å². The van der Waals surface area contributed by atoms with Crippen LogP contribution in [0.5, 0.6) is 0 Å². The Morgan fingerprint density at radius 2 is 0.825 bits per heavy atom. The molecule has 0 aliphatic carbocycles. The van der Waals surface area contributed by atoms with Crippen molar-refractivity contribution in [1.29, 1.82) is 0 Å². The highest BCUT2D eigenvalue weighted by atomic mass is 16.3. The lowest BCUT2D eigenvalue weighted by molar-refractivity contribution is 0.669. The highest BCUT2D eigenvalue weighted by molar-refractivity contribution is 6.21. The topological polar surface area (TPSA) is 69.9 Å². The van der Waals surface area contributed by atoms with E-state index >= 15 is 0 Å². The molecule has 0 unspecified atom stereocenters. The molecule has 266 valence electrons. The molecule has 57 heavy (non-hydrogen) atoms. The van der Waals surface area contributed by atoms with Gasteiger partial charge in [-0.2, -0.15) is 0 Å². The molecular formula is C51H30N4O2. The third-order valence-corrected chi connectivity index (χ3v) is 11.1. The fraction of sp³-hybridized carbons (Fsp3) is 0. The number of benzene rings is 8. The Morgan fingerprint density at radius 1 is 0.333 bits per heavy atom. The maximum atomic E-state index is 6.88. The third kappa shape index (κ3) is 5.01. The van der Waals surface area contributed by atoms with Gasteiger partial charge in [-0.1, -0.05) is 127 Å². The van der Waals surface area contributed by atoms with Crippen molar-refractivity contribution < 1.29 is 8.83 Å². The number of rotatable bonds is 5. The SMILES string of the molecule is c1ccc(-c2ccc(-c3nc(-c4ccc5c(c4)oc4ccccc45)nc(-c4ccc5c(c4)oc4c5ccc5c6ccccc6n(-c6ccccc6)c54)n3)cc2)cc1. The van der Waals surface area contributed by atoms with Gasteiger partial charge < -0.3 is 13.4 Å². The van der Waals surface area contributed by atoms with Crippen LogP contribution in [0.3, 0.4) is 0 Å². The van der Waals surface area contributed by atoms with Gasteiger partial charge in [0.25, 0.3) is 0 Å². The molecule has 0 aliphatic rings. The minimum Gasteiger partial charge on any atom is -0.456 e. The molecule has 8 aromatic carbocycles. The van der Waals surface area contributed by atoms with Crippen molar-refractivity contribution in [3.05, 3.63) is 182 Å². The number of fused-ring (bicyclic) bond motifs is 10. The Balaban J connectivity index is 1.04. The number of para-hydroxylation sites is 3. The van der Waals surface area contributed by atoms with E-state index in [1.165, 1.54) is 5.39 Å². The van der Waals surface area contributed by atoms with Gasteiger partial charge in [0, 0.05) is 54.7 Å². The molecule has 0 bridgehead atoms. The molecular weight excluding hydrogens is 701 g/mol. The largest absolute Gasteiger partial charge is 0.456 e. The third-order valence-electron chi connectivity index (χ3n) is 11.1. The van der Waals surface area contributed by atoms with Crippen LogP contribution < -0.4 is 0 Å². The van der Waals surface area contributed by atoms with Crippen molar-refractivity contribution in [3.8, 4) is 51.0 Å². The van der Waals surface area contributed by atoms with Crippen LogP contribution in [0.1, 0.15) is 0 Å². The Hall–Kier alpha value is -7.83. The van der Waals surface area contributed by atoms with E-state index in [-0.39, 0.29) is 0 Å². The molecule has 0 aliphatic heterocycles. The summed E-state index contributed by atoms with van der Waals surface area (Å²) in [5.41, 5.74) is 11.3. The van der Waals surface area contributed by atoms with Crippen LogP contribution in [-0.4, -0.2) is 19.5 Å². The van der Waals surface area contributed by atoms with E-state index < -0.39 is 0 Å². The highest BCUT2D eigenvalue weighted by Gasteiger charge is 2.20. The molecule has 6 nitrogen and oxygen atoms in total. The molecule has 0 N–H and O–H groups in total. The van der Waals surface area contributed by atoms with E-state index in [0.29, 0.717) is 17.5 Å². The Bertz CT molecular complexity index is 3510. The molecule has 4 heterocycles. The first-order chi connectivity index (χ1) is 28.2.